The lowest BCUT2D eigenvalue weighted by Gasteiger charge is -2.18. The van der Waals surface area contributed by atoms with Crippen molar-refractivity contribution in [1.82, 2.24) is 4.98 Å². The van der Waals surface area contributed by atoms with Gasteiger partial charge >= 0.3 is 5.97 Å². The van der Waals surface area contributed by atoms with E-state index in [2.05, 4.69) is 4.98 Å². The van der Waals surface area contributed by atoms with E-state index >= 15 is 0 Å². The number of hydrogen-bond donors (Lipinski definition) is 0. The molecular formula is C23H21Cl2NO5. The second kappa shape index (κ2) is 11.0. The van der Waals surface area contributed by atoms with Crippen LogP contribution in [0, 0.1) is 0 Å². The van der Waals surface area contributed by atoms with Crippen LogP contribution in [0.2, 0.25) is 10.0 Å². The van der Waals surface area contributed by atoms with Gasteiger partial charge in [-0.3, -0.25) is 0 Å². The fourth-order valence-electron chi connectivity index (χ4n) is 2.51. The van der Waals surface area contributed by atoms with Crippen molar-refractivity contribution in [3.63, 3.8) is 0 Å². The molecule has 162 valence electrons. The predicted octanol–water partition coefficient (Wildman–Crippen LogP) is 6.05. The Bertz CT molecular complexity index is 999. The summed E-state index contributed by atoms with van der Waals surface area (Å²) in [5, 5.41) is 0.717. The Kier molecular flexibility index (Phi) is 8.12. The Morgan fingerprint density at radius 3 is 2.35 bits per heavy atom. The molecule has 6 nitrogen and oxygen atoms in total. The van der Waals surface area contributed by atoms with Crippen LogP contribution in [0.15, 0.2) is 66.9 Å². The summed E-state index contributed by atoms with van der Waals surface area (Å²) in [5.74, 6) is 0.686. The van der Waals surface area contributed by atoms with Crippen LogP contribution in [0.5, 0.6) is 17.4 Å². The van der Waals surface area contributed by atoms with E-state index in [9.17, 15) is 4.79 Å². The number of nitrogens with zero attached hydrogens (tertiary/aromatic N) is 1. The SMILES string of the molecule is CC(OCc1ccccc1)OC(=O)C(C)Oc1ccc(Oc2ncc(Cl)cc2Cl)cc1. The number of esters is 1. The van der Waals surface area contributed by atoms with E-state index in [1.54, 1.807) is 44.2 Å². The molecule has 8 heteroatoms. The maximum Gasteiger partial charge on any atom is 0.349 e. The van der Waals surface area contributed by atoms with Gasteiger partial charge in [-0.1, -0.05) is 53.5 Å². The summed E-state index contributed by atoms with van der Waals surface area (Å²) in [4.78, 5) is 16.3. The molecule has 0 aliphatic carbocycles. The number of halogens is 2. The van der Waals surface area contributed by atoms with Crippen LogP contribution in [0.3, 0.4) is 0 Å². The predicted molar refractivity (Wildman–Crippen MR) is 118 cm³/mol. The van der Waals surface area contributed by atoms with Crippen molar-refractivity contribution in [3.05, 3.63) is 82.5 Å². The van der Waals surface area contributed by atoms with Crippen LogP contribution in [-0.4, -0.2) is 23.3 Å². The largest absolute Gasteiger partial charge is 0.479 e. The highest BCUT2D eigenvalue weighted by molar-refractivity contribution is 6.35. The number of rotatable bonds is 9. The first kappa shape index (κ1) is 22.9. The Morgan fingerprint density at radius 1 is 1.00 bits per heavy atom. The molecular weight excluding hydrogens is 441 g/mol. The highest BCUT2D eigenvalue weighted by atomic mass is 35.5. The van der Waals surface area contributed by atoms with E-state index < -0.39 is 18.4 Å². The van der Waals surface area contributed by atoms with Gasteiger partial charge in [0.05, 0.1) is 11.6 Å². The Balaban J connectivity index is 1.47. The van der Waals surface area contributed by atoms with Crippen molar-refractivity contribution in [3.8, 4) is 17.4 Å². The molecule has 0 radical (unpaired) electrons. The molecule has 0 fully saturated rings. The molecule has 3 aromatic rings. The molecule has 2 unspecified atom stereocenters. The van der Waals surface area contributed by atoms with Crippen LogP contribution in [-0.2, 0) is 20.9 Å². The number of benzene rings is 2. The minimum absolute atomic E-state index is 0.237. The van der Waals surface area contributed by atoms with Gasteiger partial charge in [0.2, 0.25) is 12.2 Å². The summed E-state index contributed by atoms with van der Waals surface area (Å²) < 4.78 is 22.1. The molecule has 0 bridgehead atoms. The van der Waals surface area contributed by atoms with Crippen LogP contribution in [0.25, 0.3) is 0 Å². The van der Waals surface area contributed by atoms with Crippen LogP contribution >= 0.6 is 23.2 Å². The van der Waals surface area contributed by atoms with E-state index in [-0.39, 0.29) is 5.88 Å². The van der Waals surface area contributed by atoms with Gasteiger partial charge < -0.3 is 18.9 Å². The molecule has 0 spiro atoms. The van der Waals surface area contributed by atoms with Gasteiger partial charge in [0.25, 0.3) is 0 Å². The second-order valence-electron chi connectivity index (χ2n) is 6.58. The minimum Gasteiger partial charge on any atom is -0.479 e. The van der Waals surface area contributed by atoms with Gasteiger partial charge in [-0.15, -0.1) is 0 Å². The fourth-order valence-corrected chi connectivity index (χ4v) is 2.93. The summed E-state index contributed by atoms with van der Waals surface area (Å²) in [7, 11) is 0. The molecule has 0 N–H and O–H groups in total. The van der Waals surface area contributed by atoms with Gasteiger partial charge in [0, 0.05) is 6.20 Å². The van der Waals surface area contributed by atoms with Crippen molar-refractivity contribution >= 4 is 29.2 Å². The van der Waals surface area contributed by atoms with Gasteiger partial charge in [0.1, 0.15) is 16.5 Å². The van der Waals surface area contributed by atoms with E-state index in [1.165, 1.54) is 6.20 Å². The van der Waals surface area contributed by atoms with E-state index in [1.807, 2.05) is 30.3 Å². The first-order valence-electron chi connectivity index (χ1n) is 9.52. The monoisotopic (exact) mass is 461 g/mol. The maximum absolute atomic E-state index is 12.3. The number of carbonyl (C=O) groups excluding carboxylic acids is 1. The molecule has 0 aliphatic heterocycles. The van der Waals surface area contributed by atoms with Gasteiger partial charge in [0.15, 0.2) is 6.10 Å². The third-order valence-corrected chi connectivity index (χ3v) is 4.54. The number of pyridine rings is 1. The molecule has 0 saturated heterocycles. The van der Waals surface area contributed by atoms with Crippen molar-refractivity contribution in [1.29, 1.82) is 0 Å². The van der Waals surface area contributed by atoms with Crippen molar-refractivity contribution in [2.45, 2.75) is 32.8 Å². The Morgan fingerprint density at radius 2 is 1.68 bits per heavy atom. The van der Waals surface area contributed by atoms with Crippen LogP contribution in [0.4, 0.5) is 0 Å². The zero-order valence-corrected chi connectivity index (χ0v) is 18.5. The average molecular weight is 462 g/mol. The molecule has 3 rings (SSSR count). The van der Waals surface area contributed by atoms with Crippen molar-refractivity contribution in [2.24, 2.45) is 0 Å². The molecule has 1 heterocycles. The van der Waals surface area contributed by atoms with Crippen LogP contribution < -0.4 is 9.47 Å². The maximum atomic E-state index is 12.3. The molecule has 1 aromatic heterocycles. The van der Waals surface area contributed by atoms with Crippen molar-refractivity contribution < 1.29 is 23.7 Å². The first-order valence-corrected chi connectivity index (χ1v) is 10.3. The summed E-state index contributed by atoms with van der Waals surface area (Å²) in [6.07, 6.45) is -0.0777. The summed E-state index contributed by atoms with van der Waals surface area (Å²) in [6.45, 7) is 3.61. The van der Waals surface area contributed by atoms with Gasteiger partial charge in [-0.2, -0.15) is 0 Å². The summed E-state index contributed by atoms with van der Waals surface area (Å²) in [6, 6.07) is 17.8. The molecule has 0 aliphatic rings. The molecule has 0 saturated carbocycles. The molecule has 2 aromatic carbocycles. The number of hydrogen-bond acceptors (Lipinski definition) is 6. The Hall–Kier alpha value is -2.80. The topological polar surface area (TPSA) is 66.9 Å². The molecule has 2 atom stereocenters. The zero-order chi connectivity index (χ0) is 22.2. The van der Waals surface area contributed by atoms with Crippen LogP contribution in [0.1, 0.15) is 19.4 Å². The third-order valence-electron chi connectivity index (χ3n) is 4.07. The average Bonchev–Trinajstić information content (AvgIpc) is 2.76. The lowest BCUT2D eigenvalue weighted by molar-refractivity contribution is -0.183. The first-order chi connectivity index (χ1) is 14.9. The normalized spacial score (nSPS) is 12.6. The second-order valence-corrected chi connectivity index (χ2v) is 7.42. The van der Waals surface area contributed by atoms with E-state index in [4.69, 9.17) is 42.1 Å². The van der Waals surface area contributed by atoms with Crippen molar-refractivity contribution in [2.75, 3.05) is 0 Å². The smallest absolute Gasteiger partial charge is 0.349 e. The number of aromatic nitrogens is 1. The highest BCUT2D eigenvalue weighted by Gasteiger charge is 2.19. The summed E-state index contributed by atoms with van der Waals surface area (Å²) >= 11 is 11.9. The summed E-state index contributed by atoms with van der Waals surface area (Å²) in [5.41, 5.74) is 0.993. The highest BCUT2D eigenvalue weighted by Crippen LogP contribution is 2.30. The molecule has 0 amide bonds. The lowest BCUT2D eigenvalue weighted by atomic mass is 10.2. The fraction of sp³-hybridized carbons (Fsp3) is 0.217. The molecule has 31 heavy (non-hydrogen) atoms. The quantitative estimate of drug-likeness (QED) is 0.285. The standard InChI is InChI=1S/C23H21Cl2NO5/c1-15(23(27)30-16(2)28-14-17-6-4-3-5-7-17)29-19-8-10-20(11-9-19)31-22-21(25)12-18(24)13-26-22/h3-13,15-16H,14H2,1-2H3. The Labute approximate surface area is 190 Å². The zero-order valence-electron chi connectivity index (χ0n) is 17.0. The van der Waals surface area contributed by atoms with E-state index in [0.717, 1.165) is 5.56 Å². The minimum atomic E-state index is -0.818. The number of ether oxygens (including phenoxy) is 4. The van der Waals surface area contributed by atoms with E-state index in [0.29, 0.717) is 28.2 Å². The lowest BCUT2D eigenvalue weighted by Crippen LogP contribution is -2.30. The van der Waals surface area contributed by atoms with Gasteiger partial charge in [-0.25, -0.2) is 9.78 Å². The number of carbonyl (C=O) groups is 1. The van der Waals surface area contributed by atoms with Gasteiger partial charge in [-0.05, 0) is 49.7 Å². The third kappa shape index (κ3) is 7.14.